The van der Waals surface area contributed by atoms with Crippen molar-refractivity contribution in [1.29, 1.82) is 0 Å². The Balaban J connectivity index is 1.93. The van der Waals surface area contributed by atoms with Gasteiger partial charge in [-0.15, -0.1) is 10.2 Å². The lowest BCUT2D eigenvalue weighted by molar-refractivity contribution is 0.0930. The van der Waals surface area contributed by atoms with E-state index in [1.165, 1.54) is 4.57 Å². The minimum absolute atomic E-state index is 0.0113. The van der Waals surface area contributed by atoms with Crippen LogP contribution >= 0.6 is 0 Å². The minimum Gasteiger partial charge on any atom is -0.348 e. The van der Waals surface area contributed by atoms with Crippen molar-refractivity contribution < 1.29 is 4.79 Å². The fraction of sp³-hybridized carbons (Fsp3) is 0.375. The summed E-state index contributed by atoms with van der Waals surface area (Å²) in [5.41, 5.74) is 0.405. The number of benzene rings is 1. The molecule has 0 saturated heterocycles. The van der Waals surface area contributed by atoms with Gasteiger partial charge >= 0.3 is 0 Å². The van der Waals surface area contributed by atoms with Crippen LogP contribution in [-0.2, 0) is 6.54 Å². The summed E-state index contributed by atoms with van der Waals surface area (Å²) in [7, 11) is 0. The molecule has 3 rings (SSSR count). The zero-order chi connectivity index (χ0) is 16.4. The summed E-state index contributed by atoms with van der Waals surface area (Å²) < 4.78 is 1.51. The molecule has 7 heteroatoms. The third-order valence-electron chi connectivity index (χ3n) is 3.99. The highest BCUT2D eigenvalue weighted by Gasteiger charge is 2.27. The van der Waals surface area contributed by atoms with Crippen LogP contribution in [0.5, 0.6) is 0 Å². The Labute approximate surface area is 134 Å². The van der Waals surface area contributed by atoms with Gasteiger partial charge in [0, 0.05) is 24.8 Å². The Morgan fingerprint density at radius 1 is 1.26 bits per heavy atom. The van der Waals surface area contributed by atoms with Crippen LogP contribution in [-0.4, -0.2) is 33.3 Å². The number of aromatic nitrogens is 3. The predicted octanol–water partition coefficient (Wildman–Crippen LogP) is 1.32. The molecule has 120 valence electrons. The van der Waals surface area contributed by atoms with Crippen molar-refractivity contribution in [3.8, 4) is 0 Å². The summed E-state index contributed by atoms with van der Waals surface area (Å²) in [6, 6.07) is 9.68. The molecule has 1 amide bonds. The predicted molar refractivity (Wildman–Crippen MR) is 87.0 cm³/mol. The van der Waals surface area contributed by atoms with Crippen LogP contribution in [0.15, 0.2) is 35.1 Å². The lowest BCUT2D eigenvalue weighted by Gasteiger charge is -2.16. The lowest BCUT2D eigenvalue weighted by atomic mass is 10.2. The summed E-state index contributed by atoms with van der Waals surface area (Å²) in [5, 5.41) is 10.7. The molecule has 1 atom stereocenters. The first kappa shape index (κ1) is 15.2. The van der Waals surface area contributed by atoms with Crippen LogP contribution in [0.3, 0.4) is 0 Å². The van der Waals surface area contributed by atoms with Gasteiger partial charge in [0.05, 0.1) is 0 Å². The van der Waals surface area contributed by atoms with Crippen LogP contribution in [0.4, 0.5) is 11.6 Å². The highest BCUT2D eigenvalue weighted by Crippen LogP contribution is 2.25. The zero-order valence-corrected chi connectivity index (χ0v) is 13.2. The lowest BCUT2D eigenvalue weighted by Crippen LogP contribution is -2.38. The molecule has 1 N–H and O–H groups in total. The van der Waals surface area contributed by atoms with Crippen molar-refractivity contribution in [3.63, 3.8) is 0 Å². The van der Waals surface area contributed by atoms with Crippen molar-refractivity contribution in [3.05, 3.63) is 46.4 Å². The first-order valence-corrected chi connectivity index (χ1v) is 7.72. The Bertz CT molecular complexity index is 772. The molecule has 0 aliphatic carbocycles. The van der Waals surface area contributed by atoms with Crippen LogP contribution in [0.2, 0.25) is 0 Å². The minimum atomic E-state index is -0.467. The topological polar surface area (TPSA) is 80.1 Å². The Morgan fingerprint density at radius 2 is 2.00 bits per heavy atom. The van der Waals surface area contributed by atoms with Crippen molar-refractivity contribution in [2.45, 2.75) is 32.9 Å². The number of amides is 1. The standard InChI is InChI=1S/C16H19N5O2/c1-3-11(2)17-14(22)13-15(23)21-10-9-20(16(21)19-18-13)12-7-5-4-6-8-12/h4-8,11H,3,9-10H2,1-2H3,(H,17,22)/t11-/m1/s1. The number of hydrogen-bond donors (Lipinski definition) is 1. The second-order valence-corrected chi connectivity index (χ2v) is 5.58. The number of nitrogens with one attached hydrogen (secondary N) is 1. The first-order valence-electron chi connectivity index (χ1n) is 7.72. The number of para-hydroxylation sites is 1. The van der Waals surface area contributed by atoms with Gasteiger partial charge in [-0.1, -0.05) is 25.1 Å². The van der Waals surface area contributed by atoms with Gasteiger partial charge in [-0.3, -0.25) is 14.2 Å². The van der Waals surface area contributed by atoms with Crippen molar-refractivity contribution in [2.24, 2.45) is 0 Å². The van der Waals surface area contributed by atoms with Crippen molar-refractivity contribution >= 4 is 17.5 Å². The summed E-state index contributed by atoms with van der Waals surface area (Å²) in [5.74, 6) is 0.00611. The zero-order valence-electron chi connectivity index (χ0n) is 13.2. The van der Waals surface area contributed by atoms with Crippen LogP contribution in [0.1, 0.15) is 30.8 Å². The number of rotatable bonds is 4. The molecule has 1 aliphatic rings. The van der Waals surface area contributed by atoms with E-state index in [0.29, 0.717) is 19.0 Å². The number of hydrogen-bond acceptors (Lipinski definition) is 5. The SMILES string of the molecule is CC[C@@H](C)NC(=O)c1nnc2n(c1=O)CCN2c1ccccc1. The van der Waals surface area contributed by atoms with Crippen LogP contribution in [0, 0.1) is 0 Å². The molecule has 1 aliphatic heterocycles. The third-order valence-corrected chi connectivity index (χ3v) is 3.99. The van der Waals surface area contributed by atoms with E-state index in [1.807, 2.05) is 49.1 Å². The molecule has 0 spiro atoms. The maximum Gasteiger partial charge on any atom is 0.286 e. The van der Waals surface area contributed by atoms with Gasteiger partial charge in [-0.25, -0.2) is 0 Å². The van der Waals surface area contributed by atoms with E-state index in [9.17, 15) is 9.59 Å². The molecule has 7 nitrogen and oxygen atoms in total. The molecule has 0 bridgehead atoms. The number of carbonyl (C=O) groups is 1. The second-order valence-electron chi connectivity index (χ2n) is 5.58. The van der Waals surface area contributed by atoms with Gasteiger partial charge < -0.3 is 10.2 Å². The van der Waals surface area contributed by atoms with E-state index in [2.05, 4.69) is 15.5 Å². The fourth-order valence-electron chi connectivity index (χ4n) is 2.50. The van der Waals surface area contributed by atoms with Crippen molar-refractivity contribution in [1.82, 2.24) is 20.1 Å². The van der Waals surface area contributed by atoms with E-state index in [-0.39, 0.29) is 11.7 Å². The first-order chi connectivity index (χ1) is 11.1. The number of nitrogens with zero attached hydrogens (tertiary/aromatic N) is 4. The van der Waals surface area contributed by atoms with E-state index in [1.54, 1.807) is 0 Å². The van der Waals surface area contributed by atoms with E-state index >= 15 is 0 Å². The summed E-state index contributed by atoms with van der Waals surface area (Å²) in [6.07, 6.45) is 0.785. The van der Waals surface area contributed by atoms with E-state index < -0.39 is 11.5 Å². The number of fused-ring (bicyclic) bond motifs is 1. The highest BCUT2D eigenvalue weighted by molar-refractivity contribution is 5.92. The molecule has 23 heavy (non-hydrogen) atoms. The fourth-order valence-corrected chi connectivity index (χ4v) is 2.50. The summed E-state index contributed by atoms with van der Waals surface area (Å²) >= 11 is 0. The molecule has 1 aromatic carbocycles. The van der Waals surface area contributed by atoms with E-state index in [0.717, 1.165) is 12.1 Å². The van der Waals surface area contributed by atoms with Crippen molar-refractivity contribution in [2.75, 3.05) is 11.4 Å². The molecule has 2 heterocycles. The van der Waals surface area contributed by atoms with Crippen LogP contribution in [0.25, 0.3) is 0 Å². The molecule has 1 aromatic heterocycles. The Kier molecular flexibility index (Phi) is 4.10. The molecular weight excluding hydrogens is 294 g/mol. The monoisotopic (exact) mass is 313 g/mol. The molecule has 0 saturated carbocycles. The Hall–Kier alpha value is -2.70. The third kappa shape index (κ3) is 2.81. The van der Waals surface area contributed by atoms with Gasteiger partial charge in [0.15, 0.2) is 0 Å². The van der Waals surface area contributed by atoms with Gasteiger partial charge in [0.25, 0.3) is 11.5 Å². The second kappa shape index (κ2) is 6.20. The Morgan fingerprint density at radius 3 is 2.70 bits per heavy atom. The van der Waals surface area contributed by atoms with E-state index in [4.69, 9.17) is 0 Å². The van der Waals surface area contributed by atoms with Gasteiger partial charge in [0.2, 0.25) is 11.6 Å². The molecule has 0 fully saturated rings. The number of carbonyl (C=O) groups excluding carboxylic acids is 1. The maximum atomic E-state index is 12.5. The smallest absolute Gasteiger partial charge is 0.286 e. The maximum absolute atomic E-state index is 12.5. The normalized spacial score (nSPS) is 14.4. The van der Waals surface area contributed by atoms with Gasteiger partial charge in [-0.2, -0.15) is 0 Å². The molecule has 0 radical (unpaired) electrons. The molecule has 0 unspecified atom stereocenters. The number of anilines is 2. The van der Waals surface area contributed by atoms with Gasteiger partial charge in [-0.05, 0) is 25.5 Å². The largest absolute Gasteiger partial charge is 0.348 e. The average molecular weight is 313 g/mol. The highest BCUT2D eigenvalue weighted by atomic mass is 16.2. The molecule has 2 aromatic rings. The average Bonchev–Trinajstić information content (AvgIpc) is 3.00. The summed E-state index contributed by atoms with van der Waals surface area (Å²) in [4.78, 5) is 26.6. The van der Waals surface area contributed by atoms with Crippen LogP contribution < -0.4 is 15.8 Å². The molecular formula is C16H19N5O2. The van der Waals surface area contributed by atoms with Gasteiger partial charge in [0.1, 0.15) is 0 Å². The summed E-state index contributed by atoms with van der Waals surface area (Å²) in [6.45, 7) is 4.96. The quantitative estimate of drug-likeness (QED) is 0.921.